The first kappa shape index (κ1) is 10.4. The van der Waals surface area contributed by atoms with Crippen LogP contribution in [-0.2, 0) is 0 Å². The summed E-state index contributed by atoms with van der Waals surface area (Å²) in [5, 5.41) is 13.2. The van der Waals surface area contributed by atoms with E-state index in [2.05, 4.69) is 12.2 Å². The zero-order valence-corrected chi connectivity index (χ0v) is 9.26. The molecule has 0 aliphatic heterocycles. The van der Waals surface area contributed by atoms with Crippen LogP contribution in [0.1, 0.15) is 51.9 Å². The second-order valence-electron chi connectivity index (χ2n) is 5.21. The van der Waals surface area contributed by atoms with Crippen LogP contribution in [0.25, 0.3) is 0 Å². The van der Waals surface area contributed by atoms with Crippen molar-refractivity contribution in [1.29, 1.82) is 0 Å². The van der Waals surface area contributed by atoms with E-state index in [1.807, 2.05) is 0 Å². The molecular weight excluding hydrogens is 174 g/mol. The van der Waals surface area contributed by atoms with Gasteiger partial charge in [-0.3, -0.25) is 0 Å². The summed E-state index contributed by atoms with van der Waals surface area (Å²) < 4.78 is 0. The van der Waals surface area contributed by atoms with Crippen LogP contribution in [0, 0.1) is 5.92 Å². The standard InChI is InChI=1S/C12H23NO/c1-2-10-5-7-12(9-14,8-6-10)13-11-3-4-11/h10-11,13-14H,2-9H2,1H3. The third-order valence-corrected chi connectivity index (χ3v) is 4.03. The predicted octanol–water partition coefficient (Wildman–Crippen LogP) is 2.07. The third-order valence-electron chi connectivity index (χ3n) is 4.03. The van der Waals surface area contributed by atoms with E-state index >= 15 is 0 Å². The van der Waals surface area contributed by atoms with Crippen molar-refractivity contribution in [3.63, 3.8) is 0 Å². The van der Waals surface area contributed by atoms with Crippen LogP contribution in [-0.4, -0.2) is 23.3 Å². The minimum Gasteiger partial charge on any atom is -0.394 e. The molecule has 0 amide bonds. The van der Waals surface area contributed by atoms with Crippen LogP contribution in [0.3, 0.4) is 0 Å². The minimum absolute atomic E-state index is 0.0901. The summed E-state index contributed by atoms with van der Waals surface area (Å²) >= 11 is 0. The fourth-order valence-corrected chi connectivity index (χ4v) is 2.65. The van der Waals surface area contributed by atoms with Crippen molar-refractivity contribution in [2.45, 2.75) is 63.5 Å². The number of rotatable bonds is 4. The highest BCUT2D eigenvalue weighted by Gasteiger charge is 2.38. The molecule has 2 nitrogen and oxygen atoms in total. The Bertz CT molecular complexity index is 181. The van der Waals surface area contributed by atoms with E-state index < -0.39 is 0 Å². The van der Waals surface area contributed by atoms with E-state index in [4.69, 9.17) is 0 Å². The van der Waals surface area contributed by atoms with Gasteiger partial charge in [0.1, 0.15) is 0 Å². The highest BCUT2D eigenvalue weighted by molar-refractivity contribution is 4.97. The van der Waals surface area contributed by atoms with Crippen molar-refractivity contribution >= 4 is 0 Å². The Labute approximate surface area is 87.1 Å². The van der Waals surface area contributed by atoms with Crippen molar-refractivity contribution in [2.24, 2.45) is 5.92 Å². The highest BCUT2D eigenvalue weighted by Crippen LogP contribution is 2.36. The summed E-state index contributed by atoms with van der Waals surface area (Å²) in [6.07, 6.45) is 8.91. The molecule has 0 unspecified atom stereocenters. The number of nitrogens with one attached hydrogen (secondary N) is 1. The zero-order chi connectivity index (χ0) is 10.0. The SMILES string of the molecule is CCC1CCC(CO)(NC2CC2)CC1. The van der Waals surface area contributed by atoms with Crippen molar-refractivity contribution in [3.8, 4) is 0 Å². The van der Waals surface area contributed by atoms with Gasteiger partial charge in [-0.2, -0.15) is 0 Å². The Morgan fingerprint density at radius 2 is 1.86 bits per heavy atom. The lowest BCUT2D eigenvalue weighted by atomic mass is 9.76. The summed E-state index contributed by atoms with van der Waals surface area (Å²) in [7, 11) is 0. The molecule has 0 aromatic carbocycles. The zero-order valence-electron chi connectivity index (χ0n) is 9.26. The number of aliphatic hydroxyl groups excluding tert-OH is 1. The Hall–Kier alpha value is -0.0800. The highest BCUT2D eigenvalue weighted by atomic mass is 16.3. The molecule has 0 bridgehead atoms. The molecule has 2 aliphatic rings. The molecule has 0 atom stereocenters. The van der Waals surface area contributed by atoms with E-state index in [9.17, 15) is 5.11 Å². The van der Waals surface area contributed by atoms with E-state index in [1.165, 1.54) is 44.9 Å². The molecule has 14 heavy (non-hydrogen) atoms. The third kappa shape index (κ3) is 2.29. The summed E-state index contributed by atoms with van der Waals surface area (Å²) in [6.45, 7) is 2.62. The maximum absolute atomic E-state index is 9.51. The minimum atomic E-state index is 0.0901. The van der Waals surface area contributed by atoms with Gasteiger partial charge in [0.05, 0.1) is 6.61 Å². The van der Waals surface area contributed by atoms with E-state index in [1.54, 1.807) is 0 Å². The van der Waals surface area contributed by atoms with Gasteiger partial charge in [-0.15, -0.1) is 0 Å². The largest absolute Gasteiger partial charge is 0.394 e. The van der Waals surface area contributed by atoms with Gasteiger partial charge in [0.2, 0.25) is 0 Å². The Morgan fingerprint density at radius 1 is 1.21 bits per heavy atom. The average Bonchev–Trinajstić information content (AvgIpc) is 3.03. The van der Waals surface area contributed by atoms with Gasteiger partial charge in [-0.1, -0.05) is 13.3 Å². The molecule has 0 spiro atoms. The molecule has 0 radical (unpaired) electrons. The second-order valence-corrected chi connectivity index (χ2v) is 5.21. The van der Waals surface area contributed by atoms with Crippen LogP contribution in [0.4, 0.5) is 0 Å². The topological polar surface area (TPSA) is 32.3 Å². The van der Waals surface area contributed by atoms with Gasteiger partial charge < -0.3 is 10.4 Å². The number of hydrogen-bond acceptors (Lipinski definition) is 2. The van der Waals surface area contributed by atoms with Gasteiger partial charge >= 0.3 is 0 Å². The lowest BCUT2D eigenvalue weighted by Crippen LogP contribution is -2.51. The molecule has 0 saturated heterocycles. The molecule has 2 rings (SSSR count). The van der Waals surface area contributed by atoms with Gasteiger partial charge in [0, 0.05) is 11.6 Å². The van der Waals surface area contributed by atoms with Crippen molar-refractivity contribution < 1.29 is 5.11 Å². The summed E-state index contributed by atoms with van der Waals surface area (Å²) in [6, 6.07) is 0.723. The Morgan fingerprint density at radius 3 is 2.29 bits per heavy atom. The predicted molar refractivity (Wildman–Crippen MR) is 58.2 cm³/mol. The lowest BCUT2D eigenvalue weighted by Gasteiger charge is -2.39. The molecule has 0 aromatic rings. The molecule has 0 aromatic heterocycles. The van der Waals surface area contributed by atoms with Gasteiger partial charge in [0.25, 0.3) is 0 Å². The Balaban J connectivity index is 1.86. The van der Waals surface area contributed by atoms with Crippen molar-refractivity contribution in [2.75, 3.05) is 6.61 Å². The second kappa shape index (κ2) is 4.19. The first-order chi connectivity index (χ1) is 6.78. The van der Waals surface area contributed by atoms with E-state index in [0.29, 0.717) is 6.61 Å². The Kier molecular flexibility index (Phi) is 3.13. The molecule has 2 aliphatic carbocycles. The number of hydrogen-bond donors (Lipinski definition) is 2. The van der Waals surface area contributed by atoms with Crippen LogP contribution in [0.2, 0.25) is 0 Å². The summed E-state index contributed by atoms with van der Waals surface area (Å²) in [5.74, 6) is 0.913. The van der Waals surface area contributed by atoms with Gasteiger partial charge in [0.15, 0.2) is 0 Å². The van der Waals surface area contributed by atoms with Crippen LogP contribution in [0.5, 0.6) is 0 Å². The smallest absolute Gasteiger partial charge is 0.0613 e. The molecule has 82 valence electrons. The molecule has 2 N–H and O–H groups in total. The van der Waals surface area contributed by atoms with Crippen LogP contribution < -0.4 is 5.32 Å². The first-order valence-electron chi connectivity index (χ1n) is 6.16. The van der Waals surface area contributed by atoms with Crippen LogP contribution in [0.15, 0.2) is 0 Å². The fraction of sp³-hybridized carbons (Fsp3) is 1.00. The molecule has 2 heteroatoms. The summed E-state index contributed by atoms with van der Waals surface area (Å²) in [5.41, 5.74) is 0.0901. The van der Waals surface area contributed by atoms with E-state index in [0.717, 1.165) is 12.0 Å². The lowest BCUT2D eigenvalue weighted by molar-refractivity contribution is 0.0996. The van der Waals surface area contributed by atoms with Crippen molar-refractivity contribution in [3.05, 3.63) is 0 Å². The maximum atomic E-state index is 9.51. The van der Waals surface area contributed by atoms with E-state index in [-0.39, 0.29) is 5.54 Å². The molecule has 0 heterocycles. The van der Waals surface area contributed by atoms with Gasteiger partial charge in [-0.05, 0) is 44.4 Å². The van der Waals surface area contributed by atoms with Gasteiger partial charge in [-0.25, -0.2) is 0 Å². The van der Waals surface area contributed by atoms with Crippen LogP contribution >= 0.6 is 0 Å². The maximum Gasteiger partial charge on any atom is 0.0613 e. The first-order valence-corrected chi connectivity index (χ1v) is 6.16. The summed E-state index contributed by atoms with van der Waals surface area (Å²) in [4.78, 5) is 0. The number of aliphatic hydroxyl groups is 1. The fourth-order valence-electron chi connectivity index (χ4n) is 2.65. The normalized spacial score (nSPS) is 38.6. The van der Waals surface area contributed by atoms with Crippen molar-refractivity contribution in [1.82, 2.24) is 5.32 Å². The average molecular weight is 197 g/mol. The molecule has 2 fully saturated rings. The molecular formula is C12H23NO. The molecule has 2 saturated carbocycles. The quantitative estimate of drug-likeness (QED) is 0.723. The monoisotopic (exact) mass is 197 g/mol.